The summed E-state index contributed by atoms with van der Waals surface area (Å²) in [4.78, 5) is 31.1. The molecular weight excluding hydrogens is 398 g/mol. The molecule has 6 nitrogen and oxygen atoms in total. The average Bonchev–Trinajstić information content (AvgIpc) is 3.47. The highest BCUT2D eigenvalue weighted by molar-refractivity contribution is 7.07. The third-order valence-corrected chi connectivity index (χ3v) is 6.70. The highest BCUT2D eigenvalue weighted by atomic mass is 32.1. The lowest BCUT2D eigenvalue weighted by Gasteiger charge is -2.32. The molecule has 7 heteroatoms. The van der Waals surface area contributed by atoms with Crippen LogP contribution in [0.25, 0.3) is 0 Å². The van der Waals surface area contributed by atoms with Crippen LogP contribution in [-0.4, -0.2) is 40.8 Å². The normalized spacial score (nSPS) is 17.8. The first-order valence-corrected chi connectivity index (χ1v) is 11.8. The lowest BCUT2D eigenvalue weighted by molar-refractivity contribution is -0.122. The van der Waals surface area contributed by atoms with Gasteiger partial charge in [0.25, 0.3) is 5.91 Å². The monoisotopic (exact) mass is 427 g/mol. The first kappa shape index (κ1) is 20.8. The zero-order chi connectivity index (χ0) is 20.8. The average molecular weight is 428 g/mol. The molecule has 0 spiro atoms. The van der Waals surface area contributed by atoms with E-state index in [0.717, 1.165) is 24.3 Å². The maximum absolute atomic E-state index is 12.8. The van der Waals surface area contributed by atoms with E-state index in [4.69, 9.17) is 4.74 Å². The van der Waals surface area contributed by atoms with Gasteiger partial charge in [0, 0.05) is 36.5 Å². The molecule has 160 valence electrons. The largest absolute Gasteiger partial charge is 0.487 e. The minimum absolute atomic E-state index is 0.0387. The first-order chi connectivity index (χ1) is 14.7. The van der Waals surface area contributed by atoms with Gasteiger partial charge in [0.2, 0.25) is 5.91 Å². The molecule has 2 fully saturated rings. The minimum Gasteiger partial charge on any atom is -0.487 e. The molecule has 2 aliphatic rings. The fourth-order valence-electron chi connectivity index (χ4n) is 4.33. The molecule has 1 aliphatic carbocycles. The van der Waals surface area contributed by atoms with Gasteiger partial charge in [-0.1, -0.05) is 12.8 Å². The Morgan fingerprint density at radius 1 is 1.10 bits per heavy atom. The van der Waals surface area contributed by atoms with Crippen LogP contribution in [-0.2, 0) is 11.4 Å². The Labute approximate surface area is 181 Å². The quantitative estimate of drug-likeness (QED) is 0.724. The van der Waals surface area contributed by atoms with E-state index >= 15 is 0 Å². The van der Waals surface area contributed by atoms with Crippen LogP contribution in [0.5, 0.6) is 5.75 Å². The molecular formula is C23H29N3O3S. The van der Waals surface area contributed by atoms with Crippen molar-refractivity contribution in [3.05, 3.63) is 46.4 Å². The van der Waals surface area contributed by atoms with Crippen LogP contribution >= 0.6 is 11.3 Å². The van der Waals surface area contributed by atoms with Crippen LogP contribution in [0, 0.1) is 5.92 Å². The summed E-state index contributed by atoms with van der Waals surface area (Å²) in [5.41, 5.74) is 3.35. The number of hydrogen-bond acceptors (Lipinski definition) is 5. The summed E-state index contributed by atoms with van der Waals surface area (Å²) >= 11 is 1.54. The van der Waals surface area contributed by atoms with E-state index in [1.807, 2.05) is 34.5 Å². The van der Waals surface area contributed by atoms with E-state index < -0.39 is 0 Å². The zero-order valence-corrected chi connectivity index (χ0v) is 18.0. The molecule has 0 radical (unpaired) electrons. The van der Waals surface area contributed by atoms with E-state index in [1.54, 1.807) is 16.8 Å². The Kier molecular flexibility index (Phi) is 7.00. The summed E-state index contributed by atoms with van der Waals surface area (Å²) in [5, 5.41) is 5.14. The van der Waals surface area contributed by atoms with Gasteiger partial charge in [-0.3, -0.25) is 9.59 Å². The Morgan fingerprint density at radius 3 is 2.50 bits per heavy atom. The Hall–Kier alpha value is -2.41. The first-order valence-electron chi connectivity index (χ1n) is 10.9. The number of nitrogens with zero attached hydrogens (tertiary/aromatic N) is 2. The van der Waals surface area contributed by atoms with Crippen LogP contribution in [0.4, 0.5) is 0 Å². The number of hydrogen-bond donors (Lipinski definition) is 1. The summed E-state index contributed by atoms with van der Waals surface area (Å²) in [6.45, 7) is 1.78. The molecule has 1 aliphatic heterocycles. The Balaban J connectivity index is 1.21. The number of carbonyl (C=O) groups excluding carboxylic acids is 2. The van der Waals surface area contributed by atoms with Crippen LogP contribution < -0.4 is 10.1 Å². The van der Waals surface area contributed by atoms with Gasteiger partial charge < -0.3 is 15.0 Å². The highest BCUT2D eigenvalue weighted by Crippen LogP contribution is 2.27. The van der Waals surface area contributed by atoms with Crippen molar-refractivity contribution in [1.29, 1.82) is 0 Å². The number of benzene rings is 1. The van der Waals surface area contributed by atoms with Gasteiger partial charge in [-0.25, -0.2) is 4.98 Å². The van der Waals surface area contributed by atoms with Crippen molar-refractivity contribution in [3.63, 3.8) is 0 Å². The van der Waals surface area contributed by atoms with Crippen LogP contribution in [0.2, 0.25) is 0 Å². The molecule has 1 aromatic carbocycles. The maximum Gasteiger partial charge on any atom is 0.253 e. The smallest absolute Gasteiger partial charge is 0.253 e. The zero-order valence-electron chi connectivity index (χ0n) is 17.2. The molecule has 1 saturated heterocycles. The maximum atomic E-state index is 12.8. The number of nitrogens with one attached hydrogen (secondary N) is 1. The number of ether oxygens (including phenoxy) is 1. The molecule has 0 atom stereocenters. The Morgan fingerprint density at radius 2 is 1.83 bits per heavy atom. The van der Waals surface area contributed by atoms with Gasteiger partial charge in [-0.05, 0) is 55.9 Å². The van der Waals surface area contributed by atoms with Crippen LogP contribution in [0.3, 0.4) is 0 Å². The molecule has 4 rings (SSSR count). The van der Waals surface area contributed by atoms with Crippen molar-refractivity contribution in [2.45, 2.75) is 57.6 Å². The molecule has 2 heterocycles. The van der Waals surface area contributed by atoms with E-state index in [0.29, 0.717) is 37.6 Å². The Bertz CT molecular complexity index is 824. The van der Waals surface area contributed by atoms with Crippen molar-refractivity contribution in [2.75, 3.05) is 13.1 Å². The summed E-state index contributed by atoms with van der Waals surface area (Å²) in [5.74, 6) is 1.51. The molecule has 1 N–H and O–H groups in total. The number of aromatic nitrogens is 1. The number of thiazole rings is 1. The van der Waals surface area contributed by atoms with E-state index in [9.17, 15) is 9.59 Å². The second kappa shape index (κ2) is 10.1. The van der Waals surface area contributed by atoms with Gasteiger partial charge in [-0.2, -0.15) is 0 Å². The van der Waals surface area contributed by atoms with Gasteiger partial charge in [0.05, 0.1) is 11.2 Å². The summed E-state index contributed by atoms with van der Waals surface area (Å²) in [7, 11) is 0. The van der Waals surface area contributed by atoms with E-state index in [2.05, 4.69) is 10.3 Å². The fraction of sp³-hybridized carbons (Fsp3) is 0.522. The molecule has 1 saturated carbocycles. The fourth-order valence-corrected chi connectivity index (χ4v) is 4.88. The number of likely N-dealkylation sites (tertiary alicyclic amines) is 1. The van der Waals surface area contributed by atoms with Crippen LogP contribution in [0.15, 0.2) is 35.2 Å². The summed E-state index contributed by atoms with van der Waals surface area (Å²) in [6.07, 6.45) is 7.20. The van der Waals surface area contributed by atoms with Gasteiger partial charge in [0.1, 0.15) is 12.4 Å². The lowest BCUT2D eigenvalue weighted by atomic mass is 10.0. The lowest BCUT2D eigenvalue weighted by Crippen LogP contribution is -2.46. The molecule has 30 heavy (non-hydrogen) atoms. The van der Waals surface area contributed by atoms with Crippen molar-refractivity contribution < 1.29 is 14.3 Å². The topological polar surface area (TPSA) is 71.5 Å². The SMILES string of the molecule is O=C(CC1CCCC1)NC1CCN(C(=O)c2ccc(OCc3cscn3)cc2)CC1. The number of carbonyl (C=O) groups is 2. The molecule has 1 aromatic heterocycles. The number of rotatable bonds is 7. The number of piperidine rings is 1. The third kappa shape index (κ3) is 5.59. The van der Waals surface area contributed by atoms with Crippen molar-refractivity contribution >= 4 is 23.2 Å². The molecule has 0 bridgehead atoms. The second-order valence-electron chi connectivity index (χ2n) is 8.28. The van der Waals surface area contributed by atoms with E-state index in [-0.39, 0.29) is 17.9 Å². The predicted molar refractivity (Wildman–Crippen MR) is 117 cm³/mol. The van der Waals surface area contributed by atoms with Crippen LogP contribution in [0.1, 0.15) is 61.0 Å². The molecule has 0 unspecified atom stereocenters. The summed E-state index contributed by atoms with van der Waals surface area (Å²) in [6, 6.07) is 7.47. The minimum atomic E-state index is 0.0387. The van der Waals surface area contributed by atoms with Crippen molar-refractivity contribution in [2.24, 2.45) is 5.92 Å². The highest BCUT2D eigenvalue weighted by Gasteiger charge is 2.26. The van der Waals surface area contributed by atoms with Crippen molar-refractivity contribution in [3.8, 4) is 5.75 Å². The van der Waals surface area contributed by atoms with Gasteiger partial charge in [0.15, 0.2) is 0 Å². The predicted octanol–water partition coefficient (Wildman–Crippen LogP) is 4.02. The van der Waals surface area contributed by atoms with E-state index in [1.165, 1.54) is 25.7 Å². The molecule has 2 amide bonds. The number of amides is 2. The van der Waals surface area contributed by atoms with Gasteiger partial charge >= 0.3 is 0 Å². The standard InChI is InChI=1S/C23H29N3O3S/c27-22(13-17-3-1-2-4-17)25-19-9-11-26(12-10-19)23(28)18-5-7-21(8-6-18)29-14-20-15-30-16-24-20/h5-8,15-17,19H,1-4,9-14H2,(H,25,27). The molecule has 2 aromatic rings. The third-order valence-electron chi connectivity index (χ3n) is 6.07. The van der Waals surface area contributed by atoms with Crippen molar-refractivity contribution in [1.82, 2.24) is 15.2 Å². The summed E-state index contributed by atoms with van der Waals surface area (Å²) < 4.78 is 5.71. The van der Waals surface area contributed by atoms with Gasteiger partial charge in [-0.15, -0.1) is 11.3 Å². The second-order valence-corrected chi connectivity index (χ2v) is 9.00.